The van der Waals surface area contributed by atoms with Crippen LogP contribution in [0.15, 0.2) is 41.9 Å². The van der Waals surface area contributed by atoms with Gasteiger partial charge >= 0.3 is 0 Å². The summed E-state index contributed by atoms with van der Waals surface area (Å²) in [4.78, 5) is 30.0. The van der Waals surface area contributed by atoms with Crippen LogP contribution < -0.4 is 10.2 Å². The van der Waals surface area contributed by atoms with E-state index in [1.54, 1.807) is 23.5 Å². The van der Waals surface area contributed by atoms with Crippen molar-refractivity contribution in [2.45, 2.75) is 6.42 Å². The molecule has 0 fully saturated rings. The SMILES string of the molecule is CN1C(=O)Cc2cc(NC(=O)c3ccc4ncsc4c3)ccc21. The summed E-state index contributed by atoms with van der Waals surface area (Å²) >= 11 is 1.51. The van der Waals surface area contributed by atoms with Crippen molar-refractivity contribution in [2.75, 3.05) is 17.3 Å². The van der Waals surface area contributed by atoms with Gasteiger partial charge in [0.15, 0.2) is 0 Å². The van der Waals surface area contributed by atoms with Crippen LogP contribution in [0.25, 0.3) is 10.2 Å². The van der Waals surface area contributed by atoms with E-state index in [-0.39, 0.29) is 11.8 Å². The second-order valence-electron chi connectivity index (χ2n) is 5.46. The van der Waals surface area contributed by atoms with Gasteiger partial charge in [0.2, 0.25) is 5.91 Å². The Morgan fingerprint density at radius 2 is 2.13 bits per heavy atom. The first-order valence-electron chi connectivity index (χ1n) is 7.16. The molecule has 0 bridgehead atoms. The van der Waals surface area contributed by atoms with E-state index in [9.17, 15) is 9.59 Å². The average Bonchev–Trinajstić information content (AvgIpc) is 3.11. The zero-order valence-electron chi connectivity index (χ0n) is 12.4. The number of carbonyl (C=O) groups is 2. The number of fused-ring (bicyclic) bond motifs is 2. The molecule has 1 aromatic heterocycles. The molecule has 0 radical (unpaired) electrons. The monoisotopic (exact) mass is 323 g/mol. The van der Waals surface area contributed by atoms with E-state index in [4.69, 9.17) is 0 Å². The number of anilines is 2. The van der Waals surface area contributed by atoms with Gasteiger partial charge in [0.05, 0.1) is 22.1 Å². The molecule has 2 heterocycles. The molecule has 1 aliphatic rings. The molecule has 2 aromatic carbocycles. The third kappa shape index (κ3) is 2.37. The summed E-state index contributed by atoms with van der Waals surface area (Å²) in [5.74, 6) is -0.1000. The Balaban J connectivity index is 1.59. The fraction of sp³-hybridized carbons (Fsp3) is 0.118. The molecule has 23 heavy (non-hydrogen) atoms. The zero-order valence-corrected chi connectivity index (χ0v) is 13.2. The first-order valence-corrected chi connectivity index (χ1v) is 8.04. The van der Waals surface area contributed by atoms with Crippen LogP contribution in [-0.2, 0) is 11.2 Å². The van der Waals surface area contributed by atoms with Gasteiger partial charge in [-0.3, -0.25) is 9.59 Å². The molecule has 0 saturated heterocycles. The van der Waals surface area contributed by atoms with E-state index in [2.05, 4.69) is 10.3 Å². The first kappa shape index (κ1) is 13.9. The molecule has 2 amide bonds. The van der Waals surface area contributed by atoms with Crippen molar-refractivity contribution >= 4 is 44.7 Å². The van der Waals surface area contributed by atoms with Crippen molar-refractivity contribution in [3.63, 3.8) is 0 Å². The maximum absolute atomic E-state index is 12.4. The number of thiazole rings is 1. The van der Waals surface area contributed by atoms with Crippen molar-refractivity contribution in [3.8, 4) is 0 Å². The number of aromatic nitrogens is 1. The minimum Gasteiger partial charge on any atom is -0.322 e. The summed E-state index contributed by atoms with van der Waals surface area (Å²) in [7, 11) is 1.76. The summed E-state index contributed by atoms with van der Waals surface area (Å²) in [6.45, 7) is 0. The molecule has 0 unspecified atom stereocenters. The predicted molar refractivity (Wildman–Crippen MR) is 91.1 cm³/mol. The van der Waals surface area contributed by atoms with E-state index in [1.807, 2.05) is 30.3 Å². The molecule has 4 rings (SSSR count). The highest BCUT2D eigenvalue weighted by molar-refractivity contribution is 7.16. The lowest BCUT2D eigenvalue weighted by atomic mass is 10.1. The maximum Gasteiger partial charge on any atom is 0.255 e. The van der Waals surface area contributed by atoms with Gasteiger partial charge in [-0.25, -0.2) is 4.98 Å². The average molecular weight is 323 g/mol. The van der Waals surface area contributed by atoms with E-state index < -0.39 is 0 Å². The topological polar surface area (TPSA) is 62.3 Å². The van der Waals surface area contributed by atoms with Gasteiger partial charge in [-0.15, -0.1) is 11.3 Å². The fourth-order valence-electron chi connectivity index (χ4n) is 2.75. The Labute approximate surface area is 136 Å². The summed E-state index contributed by atoms with van der Waals surface area (Å²) in [5.41, 5.74) is 5.79. The molecule has 0 spiro atoms. The standard InChI is InChI=1S/C17H13N3O2S/c1-20-14-5-3-12(6-11(14)8-16(20)21)19-17(22)10-2-4-13-15(7-10)23-9-18-13/h2-7,9H,8H2,1H3,(H,19,22). The minimum absolute atomic E-state index is 0.0686. The van der Waals surface area contributed by atoms with Crippen molar-refractivity contribution in [1.29, 1.82) is 0 Å². The van der Waals surface area contributed by atoms with Crippen LogP contribution in [0, 0.1) is 0 Å². The Kier molecular flexibility index (Phi) is 3.12. The summed E-state index contributed by atoms with van der Waals surface area (Å²) in [6, 6.07) is 11.0. The largest absolute Gasteiger partial charge is 0.322 e. The first-order chi connectivity index (χ1) is 11.1. The Morgan fingerprint density at radius 1 is 1.26 bits per heavy atom. The molecule has 3 aromatic rings. The predicted octanol–water partition coefficient (Wildman–Crippen LogP) is 3.07. The number of hydrogen-bond donors (Lipinski definition) is 1. The smallest absolute Gasteiger partial charge is 0.255 e. The van der Waals surface area contributed by atoms with E-state index in [0.29, 0.717) is 17.7 Å². The summed E-state index contributed by atoms with van der Waals surface area (Å²) < 4.78 is 0.985. The highest BCUT2D eigenvalue weighted by Crippen LogP contribution is 2.30. The van der Waals surface area contributed by atoms with Crippen LogP contribution in [0.5, 0.6) is 0 Å². The van der Waals surface area contributed by atoms with Crippen LogP contribution in [0.2, 0.25) is 0 Å². The van der Waals surface area contributed by atoms with Crippen LogP contribution in [0.1, 0.15) is 15.9 Å². The van der Waals surface area contributed by atoms with Crippen molar-refractivity contribution in [3.05, 3.63) is 53.0 Å². The van der Waals surface area contributed by atoms with Gasteiger partial charge in [-0.1, -0.05) is 0 Å². The van der Waals surface area contributed by atoms with Gasteiger partial charge in [0.25, 0.3) is 5.91 Å². The molecular weight excluding hydrogens is 310 g/mol. The van der Waals surface area contributed by atoms with Crippen LogP contribution in [-0.4, -0.2) is 23.8 Å². The Bertz CT molecular complexity index is 948. The molecule has 0 aliphatic carbocycles. The van der Waals surface area contributed by atoms with Crippen LogP contribution in [0.3, 0.4) is 0 Å². The van der Waals surface area contributed by atoms with E-state index >= 15 is 0 Å². The third-order valence-electron chi connectivity index (χ3n) is 4.01. The summed E-state index contributed by atoms with van der Waals surface area (Å²) in [6.07, 6.45) is 0.377. The zero-order chi connectivity index (χ0) is 16.0. The fourth-order valence-corrected chi connectivity index (χ4v) is 3.46. The van der Waals surface area contributed by atoms with Crippen LogP contribution in [0.4, 0.5) is 11.4 Å². The van der Waals surface area contributed by atoms with Crippen molar-refractivity contribution < 1.29 is 9.59 Å². The molecule has 1 N–H and O–H groups in total. The lowest BCUT2D eigenvalue weighted by molar-refractivity contribution is -0.117. The lowest BCUT2D eigenvalue weighted by Crippen LogP contribution is -2.20. The number of nitrogens with zero attached hydrogens (tertiary/aromatic N) is 2. The molecule has 5 nitrogen and oxygen atoms in total. The number of amides is 2. The third-order valence-corrected chi connectivity index (χ3v) is 4.80. The maximum atomic E-state index is 12.4. The second-order valence-corrected chi connectivity index (χ2v) is 6.35. The lowest BCUT2D eigenvalue weighted by Gasteiger charge is -2.11. The number of hydrogen-bond acceptors (Lipinski definition) is 4. The molecule has 1 aliphatic heterocycles. The number of likely N-dealkylation sites (N-methyl/N-ethyl adjacent to an activating group) is 1. The van der Waals surface area contributed by atoms with Crippen LogP contribution >= 0.6 is 11.3 Å². The number of nitrogens with one attached hydrogen (secondary N) is 1. The number of benzene rings is 2. The quantitative estimate of drug-likeness (QED) is 0.788. The Morgan fingerprint density at radius 3 is 3.00 bits per heavy atom. The molecular formula is C17H13N3O2S. The van der Waals surface area contributed by atoms with Crippen molar-refractivity contribution in [1.82, 2.24) is 4.98 Å². The Hall–Kier alpha value is -2.73. The highest BCUT2D eigenvalue weighted by atomic mass is 32.1. The van der Waals surface area contributed by atoms with Gasteiger partial charge in [-0.2, -0.15) is 0 Å². The van der Waals surface area contributed by atoms with Gasteiger partial charge < -0.3 is 10.2 Å². The van der Waals surface area contributed by atoms with Gasteiger partial charge in [-0.05, 0) is 42.0 Å². The second kappa shape index (κ2) is 5.17. The highest BCUT2D eigenvalue weighted by Gasteiger charge is 2.24. The van der Waals surface area contributed by atoms with Gasteiger partial charge in [0.1, 0.15) is 0 Å². The number of rotatable bonds is 2. The number of carbonyl (C=O) groups excluding carboxylic acids is 2. The molecule has 0 saturated carbocycles. The van der Waals surface area contributed by atoms with Crippen molar-refractivity contribution in [2.24, 2.45) is 0 Å². The molecule has 0 atom stereocenters. The summed E-state index contributed by atoms with van der Waals surface area (Å²) in [5, 5.41) is 2.89. The normalized spacial score (nSPS) is 13.4. The van der Waals surface area contributed by atoms with E-state index in [1.165, 1.54) is 11.3 Å². The molecule has 6 heteroatoms. The minimum atomic E-state index is -0.169. The van der Waals surface area contributed by atoms with Gasteiger partial charge in [0, 0.05) is 24.0 Å². The van der Waals surface area contributed by atoms with E-state index in [0.717, 1.165) is 21.5 Å². The molecule has 114 valence electrons.